The van der Waals surface area contributed by atoms with Gasteiger partial charge in [-0.05, 0) is 24.8 Å². The van der Waals surface area contributed by atoms with Crippen LogP contribution in [0.4, 0.5) is 0 Å². The molecular weight excluding hydrogens is 226 g/mol. The molecule has 0 bridgehead atoms. The van der Waals surface area contributed by atoms with Crippen LogP contribution in [0.3, 0.4) is 0 Å². The lowest BCUT2D eigenvalue weighted by Crippen LogP contribution is -2.09. The van der Waals surface area contributed by atoms with Gasteiger partial charge in [0.05, 0.1) is 11.9 Å². The fourth-order valence-electron chi connectivity index (χ4n) is 2.12. The van der Waals surface area contributed by atoms with E-state index in [1.807, 2.05) is 17.0 Å². The summed E-state index contributed by atoms with van der Waals surface area (Å²) in [6, 6.07) is 0. The Morgan fingerprint density at radius 3 is 2.88 bits per heavy atom. The minimum absolute atomic E-state index is 0.149. The number of aliphatic hydroxyl groups excluding tert-OH is 1. The molecule has 1 aromatic heterocycles. The van der Waals surface area contributed by atoms with Crippen molar-refractivity contribution in [3.63, 3.8) is 0 Å². The van der Waals surface area contributed by atoms with Crippen LogP contribution in [0.5, 0.6) is 0 Å². The Morgan fingerprint density at radius 1 is 1.50 bits per heavy atom. The zero-order chi connectivity index (χ0) is 11.8. The third-order valence-corrected chi connectivity index (χ3v) is 3.92. The molecule has 0 aromatic carbocycles. The van der Waals surface area contributed by atoms with Gasteiger partial charge in [-0.25, -0.2) is 8.42 Å². The molecule has 0 spiro atoms. The van der Waals surface area contributed by atoms with Gasteiger partial charge in [0.15, 0.2) is 0 Å². The van der Waals surface area contributed by atoms with Gasteiger partial charge < -0.3 is 9.67 Å². The molecule has 5 heteroatoms. The first-order chi connectivity index (χ1) is 7.46. The molecule has 0 radical (unpaired) electrons. The summed E-state index contributed by atoms with van der Waals surface area (Å²) in [7, 11) is -2.92. The molecule has 1 N–H and O–H groups in total. The number of nitrogens with zero attached hydrogens (tertiary/aromatic N) is 1. The number of aromatic nitrogens is 1. The van der Waals surface area contributed by atoms with Crippen molar-refractivity contribution in [1.82, 2.24) is 4.57 Å². The molecule has 2 rings (SSSR count). The van der Waals surface area contributed by atoms with Gasteiger partial charge >= 0.3 is 0 Å². The lowest BCUT2D eigenvalue weighted by atomic mass is 9.93. The normalized spacial score (nSPS) is 20.8. The van der Waals surface area contributed by atoms with E-state index in [1.165, 1.54) is 6.26 Å². The van der Waals surface area contributed by atoms with Crippen LogP contribution in [0.2, 0.25) is 0 Å². The molecule has 1 aromatic rings. The van der Waals surface area contributed by atoms with Crippen molar-refractivity contribution in [1.29, 1.82) is 0 Å². The first kappa shape index (κ1) is 11.7. The number of rotatable bonds is 3. The van der Waals surface area contributed by atoms with E-state index in [0.29, 0.717) is 6.54 Å². The van der Waals surface area contributed by atoms with Gasteiger partial charge in [-0.2, -0.15) is 0 Å². The summed E-state index contributed by atoms with van der Waals surface area (Å²) in [6.45, 7) is 0.471. The number of hydrogen-bond acceptors (Lipinski definition) is 3. The Kier molecular flexibility index (Phi) is 3.08. The number of aliphatic hydroxyl groups is 1. The molecule has 0 amide bonds. The van der Waals surface area contributed by atoms with E-state index in [1.54, 1.807) is 0 Å². The molecule has 0 fully saturated rings. The fourth-order valence-corrected chi connectivity index (χ4v) is 2.67. The zero-order valence-corrected chi connectivity index (χ0v) is 10.2. The highest BCUT2D eigenvalue weighted by Gasteiger charge is 2.19. The number of sulfone groups is 1. The van der Waals surface area contributed by atoms with Crippen molar-refractivity contribution in [3.05, 3.63) is 23.5 Å². The van der Waals surface area contributed by atoms with Crippen LogP contribution in [0.15, 0.2) is 12.4 Å². The first-order valence-corrected chi connectivity index (χ1v) is 7.56. The van der Waals surface area contributed by atoms with E-state index in [9.17, 15) is 13.5 Å². The van der Waals surface area contributed by atoms with Crippen molar-refractivity contribution in [3.8, 4) is 0 Å². The summed E-state index contributed by atoms with van der Waals surface area (Å²) in [4.78, 5) is 0. The van der Waals surface area contributed by atoms with Gasteiger partial charge in [-0.3, -0.25) is 0 Å². The lowest BCUT2D eigenvalue weighted by molar-refractivity contribution is 0.157. The van der Waals surface area contributed by atoms with Crippen LogP contribution < -0.4 is 0 Å². The molecule has 1 heterocycles. The summed E-state index contributed by atoms with van der Waals surface area (Å²) in [6.07, 6.45) is 7.51. The molecule has 1 atom stereocenters. The summed E-state index contributed by atoms with van der Waals surface area (Å²) in [5.74, 6) is 0.149. The Bertz CT molecular complexity index is 475. The molecule has 90 valence electrons. The van der Waals surface area contributed by atoms with E-state index in [4.69, 9.17) is 0 Å². The van der Waals surface area contributed by atoms with Crippen molar-refractivity contribution in [2.45, 2.75) is 31.9 Å². The van der Waals surface area contributed by atoms with Crippen molar-refractivity contribution >= 4 is 9.84 Å². The highest BCUT2D eigenvalue weighted by Crippen LogP contribution is 2.30. The van der Waals surface area contributed by atoms with Gasteiger partial charge in [-0.15, -0.1) is 0 Å². The lowest BCUT2D eigenvalue weighted by Gasteiger charge is -2.16. The highest BCUT2D eigenvalue weighted by molar-refractivity contribution is 7.90. The van der Waals surface area contributed by atoms with Crippen molar-refractivity contribution in [2.24, 2.45) is 0 Å². The maximum absolute atomic E-state index is 11.0. The molecular formula is C11H17NO3S. The molecule has 1 unspecified atom stereocenters. The summed E-state index contributed by atoms with van der Waals surface area (Å²) in [5, 5.41) is 9.77. The van der Waals surface area contributed by atoms with Gasteiger partial charge in [-0.1, -0.05) is 0 Å². The van der Waals surface area contributed by atoms with Crippen LogP contribution in [0, 0.1) is 0 Å². The third-order valence-electron chi connectivity index (χ3n) is 3.00. The average molecular weight is 243 g/mol. The second kappa shape index (κ2) is 4.22. The third kappa shape index (κ3) is 2.65. The quantitative estimate of drug-likeness (QED) is 0.858. The zero-order valence-electron chi connectivity index (χ0n) is 9.39. The molecule has 16 heavy (non-hydrogen) atoms. The average Bonchev–Trinajstić information content (AvgIpc) is 2.58. The second-order valence-electron chi connectivity index (χ2n) is 4.51. The summed E-state index contributed by atoms with van der Waals surface area (Å²) >= 11 is 0. The number of aryl methyl sites for hydroxylation is 2. The standard InChI is InChI=1S/C11H17NO3S/c1-16(14,15)6-5-12-7-9-3-2-4-11(13)10(9)8-12/h7-8,11,13H,2-6H2,1H3. The molecule has 1 aliphatic rings. The maximum Gasteiger partial charge on any atom is 0.149 e. The second-order valence-corrected chi connectivity index (χ2v) is 6.77. The van der Waals surface area contributed by atoms with E-state index >= 15 is 0 Å². The summed E-state index contributed by atoms with van der Waals surface area (Å²) < 4.78 is 24.0. The van der Waals surface area contributed by atoms with Crippen LogP contribution in [0.25, 0.3) is 0 Å². The van der Waals surface area contributed by atoms with Gasteiger partial charge in [0, 0.05) is 30.8 Å². The Balaban J connectivity index is 2.13. The number of fused-ring (bicyclic) bond motifs is 1. The molecule has 0 saturated carbocycles. The van der Waals surface area contributed by atoms with Crippen molar-refractivity contribution in [2.75, 3.05) is 12.0 Å². The topological polar surface area (TPSA) is 59.3 Å². The van der Waals surface area contributed by atoms with Gasteiger partial charge in [0.1, 0.15) is 9.84 Å². The van der Waals surface area contributed by atoms with Gasteiger partial charge in [0.2, 0.25) is 0 Å². The highest BCUT2D eigenvalue weighted by atomic mass is 32.2. The predicted molar refractivity (Wildman–Crippen MR) is 62.0 cm³/mol. The van der Waals surface area contributed by atoms with E-state index in [0.717, 1.165) is 30.4 Å². The minimum atomic E-state index is -2.92. The SMILES string of the molecule is CS(=O)(=O)CCn1cc2c(c1)C(O)CCC2. The van der Waals surface area contributed by atoms with Crippen molar-refractivity contribution < 1.29 is 13.5 Å². The summed E-state index contributed by atoms with van der Waals surface area (Å²) in [5.41, 5.74) is 2.13. The van der Waals surface area contributed by atoms with E-state index in [-0.39, 0.29) is 11.9 Å². The van der Waals surface area contributed by atoms with Crippen LogP contribution in [-0.4, -0.2) is 30.1 Å². The van der Waals surface area contributed by atoms with E-state index < -0.39 is 9.84 Å². The predicted octanol–water partition coefficient (Wildman–Crippen LogP) is 0.902. The molecule has 0 aliphatic heterocycles. The smallest absolute Gasteiger partial charge is 0.149 e. The van der Waals surface area contributed by atoms with E-state index in [2.05, 4.69) is 0 Å². The van der Waals surface area contributed by atoms with Crippen LogP contribution in [0.1, 0.15) is 30.1 Å². The molecule has 4 nitrogen and oxygen atoms in total. The van der Waals surface area contributed by atoms with Gasteiger partial charge in [0.25, 0.3) is 0 Å². The molecule has 0 saturated heterocycles. The largest absolute Gasteiger partial charge is 0.388 e. The maximum atomic E-state index is 11.0. The monoisotopic (exact) mass is 243 g/mol. The molecule has 1 aliphatic carbocycles. The van der Waals surface area contributed by atoms with Crippen LogP contribution in [-0.2, 0) is 22.8 Å². The first-order valence-electron chi connectivity index (χ1n) is 5.50. The number of hydrogen-bond donors (Lipinski definition) is 1. The Morgan fingerprint density at radius 2 is 2.25 bits per heavy atom. The van der Waals surface area contributed by atoms with Crippen LogP contribution >= 0.6 is 0 Å². The Labute approximate surface area is 95.8 Å². The minimum Gasteiger partial charge on any atom is -0.388 e. The fraction of sp³-hybridized carbons (Fsp3) is 0.636. The Hall–Kier alpha value is -0.810.